The molecule has 1 fully saturated rings. The predicted octanol–water partition coefficient (Wildman–Crippen LogP) is 3.21. The van der Waals surface area contributed by atoms with Crippen LogP contribution in [0.4, 0.5) is 0 Å². The molecule has 1 aromatic carbocycles. The zero-order chi connectivity index (χ0) is 13.8. The Morgan fingerprint density at radius 1 is 1.26 bits per heavy atom. The number of rotatable bonds is 4. The minimum atomic E-state index is 0.704. The second-order valence-electron chi connectivity index (χ2n) is 5.09. The number of benzene rings is 1. The third-order valence-electron chi connectivity index (χ3n) is 3.94. The summed E-state index contributed by atoms with van der Waals surface area (Å²) in [6.07, 6.45) is 3.45. The Morgan fingerprint density at radius 3 is 2.53 bits per heavy atom. The van der Waals surface area contributed by atoms with E-state index < -0.39 is 0 Å². The van der Waals surface area contributed by atoms with Gasteiger partial charge in [0.1, 0.15) is 0 Å². The van der Waals surface area contributed by atoms with Crippen molar-refractivity contribution >= 4 is 11.6 Å². The van der Waals surface area contributed by atoms with Crippen LogP contribution in [0.3, 0.4) is 0 Å². The summed E-state index contributed by atoms with van der Waals surface area (Å²) in [5.41, 5.74) is 2.30. The highest BCUT2D eigenvalue weighted by atomic mass is 35.5. The first-order valence-corrected chi connectivity index (χ1v) is 7.15. The molecule has 0 unspecified atom stereocenters. The standard InChI is InChI=1S/C15H22ClNO2/c1-10-12(8-11-4-6-17-7-5-11)13(16)9-14(18-2)15(10)19-3/h9,11,17H,4-8H2,1-3H3. The molecule has 3 nitrogen and oxygen atoms in total. The van der Waals surface area contributed by atoms with Crippen LogP contribution in [-0.4, -0.2) is 27.3 Å². The van der Waals surface area contributed by atoms with Crippen molar-refractivity contribution in [2.75, 3.05) is 27.3 Å². The van der Waals surface area contributed by atoms with E-state index in [9.17, 15) is 0 Å². The summed E-state index contributed by atoms with van der Waals surface area (Å²) >= 11 is 6.41. The van der Waals surface area contributed by atoms with Gasteiger partial charge in [-0.25, -0.2) is 0 Å². The second-order valence-corrected chi connectivity index (χ2v) is 5.50. The van der Waals surface area contributed by atoms with Crippen LogP contribution in [0.15, 0.2) is 6.07 Å². The van der Waals surface area contributed by atoms with Crippen molar-refractivity contribution in [2.45, 2.75) is 26.2 Å². The number of methoxy groups -OCH3 is 2. The van der Waals surface area contributed by atoms with Gasteiger partial charge in [0, 0.05) is 11.1 Å². The van der Waals surface area contributed by atoms with Crippen LogP contribution in [0.2, 0.25) is 5.02 Å². The Labute approximate surface area is 120 Å². The lowest BCUT2D eigenvalue weighted by molar-refractivity contribution is 0.349. The molecular formula is C15H22ClNO2. The highest BCUT2D eigenvalue weighted by Gasteiger charge is 2.20. The highest BCUT2D eigenvalue weighted by molar-refractivity contribution is 6.31. The lowest BCUT2D eigenvalue weighted by Gasteiger charge is -2.24. The monoisotopic (exact) mass is 283 g/mol. The molecule has 1 aromatic rings. The van der Waals surface area contributed by atoms with Crippen LogP contribution in [0.1, 0.15) is 24.0 Å². The van der Waals surface area contributed by atoms with Gasteiger partial charge in [-0.1, -0.05) is 11.6 Å². The van der Waals surface area contributed by atoms with Gasteiger partial charge in [-0.3, -0.25) is 0 Å². The van der Waals surface area contributed by atoms with Crippen molar-refractivity contribution in [1.29, 1.82) is 0 Å². The summed E-state index contributed by atoms with van der Waals surface area (Å²) < 4.78 is 10.8. The maximum Gasteiger partial charge on any atom is 0.163 e. The molecule has 1 saturated heterocycles. The van der Waals surface area contributed by atoms with Crippen molar-refractivity contribution in [3.8, 4) is 11.5 Å². The van der Waals surface area contributed by atoms with Gasteiger partial charge in [0.2, 0.25) is 0 Å². The molecule has 1 N–H and O–H groups in total. The predicted molar refractivity (Wildman–Crippen MR) is 78.6 cm³/mol. The number of ether oxygens (including phenoxy) is 2. The summed E-state index contributed by atoms with van der Waals surface area (Å²) in [5, 5.41) is 4.18. The molecule has 0 bridgehead atoms. The maximum absolute atomic E-state index is 6.41. The van der Waals surface area contributed by atoms with Gasteiger partial charge >= 0.3 is 0 Å². The maximum atomic E-state index is 6.41. The Balaban J connectivity index is 2.28. The highest BCUT2D eigenvalue weighted by Crippen LogP contribution is 2.39. The molecule has 4 heteroatoms. The molecule has 0 saturated carbocycles. The van der Waals surface area contributed by atoms with Crippen LogP contribution < -0.4 is 14.8 Å². The topological polar surface area (TPSA) is 30.5 Å². The van der Waals surface area contributed by atoms with E-state index in [4.69, 9.17) is 21.1 Å². The molecule has 1 aliphatic heterocycles. The van der Waals surface area contributed by atoms with E-state index in [1.807, 2.05) is 6.07 Å². The lowest BCUT2D eigenvalue weighted by Crippen LogP contribution is -2.28. The third-order valence-corrected chi connectivity index (χ3v) is 4.28. The minimum Gasteiger partial charge on any atom is -0.493 e. The number of piperidine rings is 1. The molecule has 0 amide bonds. The van der Waals surface area contributed by atoms with Gasteiger partial charge in [0.05, 0.1) is 14.2 Å². The summed E-state index contributed by atoms with van der Waals surface area (Å²) in [4.78, 5) is 0. The van der Waals surface area contributed by atoms with Crippen molar-refractivity contribution in [3.63, 3.8) is 0 Å². The number of hydrogen-bond donors (Lipinski definition) is 1. The van der Waals surface area contributed by atoms with E-state index in [0.717, 1.165) is 35.8 Å². The van der Waals surface area contributed by atoms with E-state index in [2.05, 4.69) is 12.2 Å². The molecule has 0 aromatic heterocycles. The Morgan fingerprint density at radius 2 is 1.95 bits per heavy atom. The van der Waals surface area contributed by atoms with Crippen LogP contribution in [0.25, 0.3) is 0 Å². The fraction of sp³-hybridized carbons (Fsp3) is 0.600. The molecular weight excluding hydrogens is 262 g/mol. The fourth-order valence-corrected chi connectivity index (χ4v) is 3.12. The van der Waals surface area contributed by atoms with Gasteiger partial charge < -0.3 is 14.8 Å². The van der Waals surface area contributed by atoms with Crippen LogP contribution in [0, 0.1) is 12.8 Å². The molecule has 106 valence electrons. The summed E-state index contributed by atoms with van der Waals surface area (Å²) in [5.74, 6) is 2.21. The molecule has 0 atom stereocenters. The van der Waals surface area contributed by atoms with Crippen molar-refractivity contribution in [2.24, 2.45) is 5.92 Å². The van der Waals surface area contributed by atoms with E-state index >= 15 is 0 Å². The van der Waals surface area contributed by atoms with Gasteiger partial charge in [-0.2, -0.15) is 0 Å². The molecule has 1 aliphatic rings. The molecule has 0 spiro atoms. The summed E-state index contributed by atoms with van der Waals surface area (Å²) in [6, 6.07) is 1.86. The first kappa shape index (κ1) is 14.5. The van der Waals surface area contributed by atoms with Crippen LogP contribution in [0.5, 0.6) is 11.5 Å². The zero-order valence-corrected chi connectivity index (χ0v) is 12.6. The molecule has 0 aliphatic carbocycles. The number of halogens is 1. The summed E-state index contributed by atoms with van der Waals surface area (Å²) in [6.45, 7) is 4.27. The lowest BCUT2D eigenvalue weighted by atomic mass is 9.89. The van der Waals surface area contributed by atoms with Gasteiger partial charge in [0.15, 0.2) is 11.5 Å². The Kier molecular flexibility index (Phi) is 4.94. The van der Waals surface area contributed by atoms with Gasteiger partial charge in [-0.15, -0.1) is 0 Å². The van der Waals surface area contributed by atoms with E-state index in [1.54, 1.807) is 14.2 Å². The van der Waals surface area contributed by atoms with E-state index in [0.29, 0.717) is 11.7 Å². The molecule has 19 heavy (non-hydrogen) atoms. The largest absolute Gasteiger partial charge is 0.493 e. The SMILES string of the molecule is COc1cc(Cl)c(CC2CCNCC2)c(C)c1OC. The molecule has 1 heterocycles. The van der Waals surface area contributed by atoms with Crippen LogP contribution in [-0.2, 0) is 6.42 Å². The van der Waals surface area contributed by atoms with Crippen molar-refractivity contribution < 1.29 is 9.47 Å². The quantitative estimate of drug-likeness (QED) is 0.920. The Bertz CT molecular complexity index is 442. The zero-order valence-electron chi connectivity index (χ0n) is 11.9. The first-order valence-electron chi connectivity index (χ1n) is 6.78. The van der Waals surface area contributed by atoms with Crippen LogP contribution >= 0.6 is 11.6 Å². The number of hydrogen-bond acceptors (Lipinski definition) is 3. The fourth-order valence-electron chi connectivity index (χ4n) is 2.80. The van der Waals surface area contributed by atoms with Gasteiger partial charge in [-0.05, 0) is 56.3 Å². The first-order chi connectivity index (χ1) is 9.17. The van der Waals surface area contributed by atoms with E-state index in [1.165, 1.54) is 18.4 Å². The average Bonchev–Trinajstić information content (AvgIpc) is 2.44. The normalized spacial score (nSPS) is 16.4. The number of nitrogens with one attached hydrogen (secondary N) is 1. The molecule has 0 radical (unpaired) electrons. The average molecular weight is 284 g/mol. The Hall–Kier alpha value is -0.930. The van der Waals surface area contributed by atoms with Gasteiger partial charge in [0.25, 0.3) is 0 Å². The van der Waals surface area contributed by atoms with E-state index in [-0.39, 0.29) is 0 Å². The minimum absolute atomic E-state index is 0.704. The summed E-state index contributed by atoms with van der Waals surface area (Å²) in [7, 11) is 3.31. The molecule has 2 rings (SSSR count). The third kappa shape index (κ3) is 3.15. The smallest absolute Gasteiger partial charge is 0.163 e. The van der Waals surface area contributed by atoms with Crippen molar-refractivity contribution in [1.82, 2.24) is 5.32 Å². The van der Waals surface area contributed by atoms with Crippen molar-refractivity contribution in [3.05, 3.63) is 22.2 Å². The second kappa shape index (κ2) is 6.49.